The number of hydrogen-bond acceptors (Lipinski definition) is 5. The maximum absolute atomic E-state index is 12.5. The minimum Gasteiger partial charge on any atom is -0.384 e. The van der Waals surface area contributed by atoms with Crippen LogP contribution in [0.25, 0.3) is 0 Å². The van der Waals surface area contributed by atoms with Gasteiger partial charge < -0.3 is 20.1 Å². The summed E-state index contributed by atoms with van der Waals surface area (Å²) in [5.74, 6) is 0.286. The molecule has 0 radical (unpaired) electrons. The summed E-state index contributed by atoms with van der Waals surface area (Å²) < 4.78 is 10.1. The van der Waals surface area contributed by atoms with Gasteiger partial charge in [-0.15, -0.1) is 0 Å². The summed E-state index contributed by atoms with van der Waals surface area (Å²) in [6.07, 6.45) is 0.738. The highest BCUT2D eigenvalue weighted by Gasteiger charge is 2.16. The number of anilines is 1. The third-order valence-electron chi connectivity index (χ3n) is 2.93. The van der Waals surface area contributed by atoms with Crippen molar-refractivity contribution in [1.82, 2.24) is 9.88 Å². The zero-order valence-corrected chi connectivity index (χ0v) is 12.4. The Hall–Kier alpha value is -1.66. The fourth-order valence-electron chi connectivity index (χ4n) is 1.82. The lowest BCUT2D eigenvalue weighted by Gasteiger charge is -2.22. The number of amides is 1. The Morgan fingerprint density at radius 1 is 1.25 bits per heavy atom. The fourth-order valence-corrected chi connectivity index (χ4v) is 1.82. The molecule has 20 heavy (non-hydrogen) atoms. The van der Waals surface area contributed by atoms with Crippen molar-refractivity contribution >= 4 is 11.7 Å². The molecule has 0 fully saturated rings. The lowest BCUT2D eigenvalue weighted by molar-refractivity contribution is 0.0627. The van der Waals surface area contributed by atoms with Crippen molar-refractivity contribution in [2.75, 3.05) is 46.3 Å². The van der Waals surface area contributed by atoms with Gasteiger partial charge in [0.05, 0.1) is 13.2 Å². The molecule has 0 atom stereocenters. The van der Waals surface area contributed by atoms with Gasteiger partial charge >= 0.3 is 0 Å². The predicted octanol–water partition coefficient (Wildman–Crippen LogP) is 0.961. The maximum Gasteiger partial charge on any atom is 0.254 e. The number of carbonyl (C=O) groups is 1. The van der Waals surface area contributed by atoms with Gasteiger partial charge in [0, 0.05) is 38.6 Å². The molecule has 112 valence electrons. The average molecular weight is 281 g/mol. The van der Waals surface area contributed by atoms with E-state index in [1.807, 2.05) is 6.92 Å². The second kappa shape index (κ2) is 8.50. The van der Waals surface area contributed by atoms with E-state index in [0.717, 1.165) is 12.1 Å². The van der Waals surface area contributed by atoms with Crippen LogP contribution in [0.4, 0.5) is 5.82 Å². The van der Waals surface area contributed by atoms with Crippen molar-refractivity contribution in [3.05, 3.63) is 23.4 Å². The molecule has 0 aliphatic heterocycles. The van der Waals surface area contributed by atoms with E-state index in [1.165, 1.54) is 0 Å². The number of methoxy groups -OCH3 is 2. The van der Waals surface area contributed by atoms with Crippen LogP contribution in [-0.4, -0.2) is 56.3 Å². The van der Waals surface area contributed by atoms with Crippen LogP contribution in [0.2, 0.25) is 0 Å². The van der Waals surface area contributed by atoms with Crippen LogP contribution in [0, 0.1) is 0 Å². The lowest BCUT2D eigenvalue weighted by Crippen LogP contribution is -2.36. The molecule has 1 aromatic heterocycles. The Bertz CT molecular complexity index is 430. The predicted molar refractivity (Wildman–Crippen MR) is 77.7 cm³/mol. The molecule has 0 spiro atoms. The number of aromatic nitrogens is 1. The molecule has 2 N–H and O–H groups in total. The molecular weight excluding hydrogens is 258 g/mol. The molecule has 0 bridgehead atoms. The summed E-state index contributed by atoms with van der Waals surface area (Å²) in [5.41, 5.74) is 7.11. The Morgan fingerprint density at radius 3 is 2.35 bits per heavy atom. The Labute approximate surface area is 119 Å². The first-order valence-electron chi connectivity index (χ1n) is 6.66. The van der Waals surface area contributed by atoms with Crippen molar-refractivity contribution in [1.29, 1.82) is 0 Å². The number of ether oxygens (including phenoxy) is 2. The zero-order valence-electron chi connectivity index (χ0n) is 12.4. The van der Waals surface area contributed by atoms with Crippen LogP contribution in [0.15, 0.2) is 12.1 Å². The third-order valence-corrected chi connectivity index (χ3v) is 2.93. The molecule has 0 unspecified atom stereocenters. The highest BCUT2D eigenvalue weighted by Crippen LogP contribution is 2.11. The van der Waals surface area contributed by atoms with E-state index in [4.69, 9.17) is 15.2 Å². The summed E-state index contributed by atoms with van der Waals surface area (Å²) in [4.78, 5) is 18.4. The van der Waals surface area contributed by atoms with Crippen molar-refractivity contribution in [3.8, 4) is 0 Å². The first-order chi connectivity index (χ1) is 9.62. The normalized spacial score (nSPS) is 10.6. The summed E-state index contributed by atoms with van der Waals surface area (Å²) in [5, 5.41) is 0. The number of nitrogens with two attached hydrogens (primary N) is 1. The molecule has 1 amide bonds. The van der Waals surface area contributed by atoms with E-state index in [9.17, 15) is 4.79 Å². The second-order valence-corrected chi connectivity index (χ2v) is 4.40. The molecule has 1 rings (SSSR count). The maximum atomic E-state index is 12.5. The monoisotopic (exact) mass is 281 g/mol. The molecule has 0 aliphatic carbocycles. The SMILES string of the molecule is CCc1cc(C(=O)N(CCOC)CCOC)cc(N)n1. The number of nitrogens with zero attached hydrogens (tertiary/aromatic N) is 2. The number of hydrogen-bond donors (Lipinski definition) is 1. The Morgan fingerprint density at radius 2 is 1.85 bits per heavy atom. The van der Waals surface area contributed by atoms with Crippen LogP contribution in [0.3, 0.4) is 0 Å². The Kier molecular flexibility index (Phi) is 6.97. The molecule has 0 aromatic carbocycles. The van der Waals surface area contributed by atoms with Crippen LogP contribution < -0.4 is 5.73 Å². The molecule has 0 saturated carbocycles. The quantitative estimate of drug-likeness (QED) is 0.768. The lowest BCUT2D eigenvalue weighted by atomic mass is 10.1. The van der Waals surface area contributed by atoms with Gasteiger partial charge in [0.15, 0.2) is 0 Å². The van der Waals surface area contributed by atoms with Gasteiger partial charge in [0.25, 0.3) is 5.91 Å². The van der Waals surface area contributed by atoms with E-state index >= 15 is 0 Å². The number of nitrogen functional groups attached to an aromatic ring is 1. The molecular formula is C14H23N3O3. The molecule has 1 aromatic rings. The fraction of sp³-hybridized carbons (Fsp3) is 0.571. The summed E-state index contributed by atoms with van der Waals surface area (Å²) in [6, 6.07) is 3.39. The van der Waals surface area contributed by atoms with Crippen molar-refractivity contribution in [2.24, 2.45) is 0 Å². The zero-order chi connectivity index (χ0) is 15.0. The largest absolute Gasteiger partial charge is 0.384 e. The molecule has 6 heteroatoms. The van der Waals surface area contributed by atoms with E-state index in [2.05, 4.69) is 4.98 Å². The standard InChI is InChI=1S/C14H23N3O3/c1-4-12-9-11(10-13(15)16-12)14(18)17(5-7-19-2)6-8-20-3/h9-10H,4-8H2,1-3H3,(H2,15,16). The Balaban J connectivity index is 2.89. The van der Waals surface area contributed by atoms with E-state index in [1.54, 1.807) is 31.3 Å². The van der Waals surface area contributed by atoms with Crippen LogP contribution >= 0.6 is 0 Å². The average Bonchev–Trinajstić information content (AvgIpc) is 2.46. The van der Waals surface area contributed by atoms with Gasteiger partial charge in [0.2, 0.25) is 0 Å². The van der Waals surface area contributed by atoms with Gasteiger partial charge in [-0.2, -0.15) is 0 Å². The molecule has 6 nitrogen and oxygen atoms in total. The number of aryl methyl sites for hydroxylation is 1. The second-order valence-electron chi connectivity index (χ2n) is 4.40. The van der Waals surface area contributed by atoms with Gasteiger partial charge in [0.1, 0.15) is 5.82 Å². The van der Waals surface area contributed by atoms with Crippen molar-refractivity contribution in [2.45, 2.75) is 13.3 Å². The van der Waals surface area contributed by atoms with E-state index in [-0.39, 0.29) is 5.91 Å². The summed E-state index contributed by atoms with van der Waals surface area (Å²) in [7, 11) is 3.22. The van der Waals surface area contributed by atoms with Crippen molar-refractivity contribution < 1.29 is 14.3 Å². The van der Waals surface area contributed by atoms with Gasteiger partial charge in [-0.3, -0.25) is 4.79 Å². The van der Waals surface area contributed by atoms with Crippen LogP contribution in [-0.2, 0) is 15.9 Å². The minimum atomic E-state index is -0.0806. The first-order valence-corrected chi connectivity index (χ1v) is 6.66. The number of rotatable bonds is 8. The van der Waals surface area contributed by atoms with Gasteiger partial charge in [-0.1, -0.05) is 6.92 Å². The minimum absolute atomic E-state index is 0.0806. The molecule has 1 heterocycles. The number of carbonyl (C=O) groups excluding carboxylic acids is 1. The number of pyridine rings is 1. The van der Waals surface area contributed by atoms with E-state index in [0.29, 0.717) is 37.7 Å². The molecule has 0 saturated heterocycles. The summed E-state index contributed by atoms with van der Waals surface area (Å²) >= 11 is 0. The van der Waals surface area contributed by atoms with Gasteiger partial charge in [-0.25, -0.2) is 4.98 Å². The highest BCUT2D eigenvalue weighted by molar-refractivity contribution is 5.95. The first kappa shape index (κ1) is 16.4. The smallest absolute Gasteiger partial charge is 0.254 e. The van der Waals surface area contributed by atoms with Gasteiger partial charge in [-0.05, 0) is 18.6 Å². The van der Waals surface area contributed by atoms with Crippen LogP contribution in [0.1, 0.15) is 23.0 Å². The third kappa shape index (κ3) is 4.79. The summed E-state index contributed by atoms with van der Waals surface area (Å²) in [6.45, 7) is 3.97. The van der Waals surface area contributed by atoms with Crippen LogP contribution in [0.5, 0.6) is 0 Å². The highest BCUT2D eigenvalue weighted by atomic mass is 16.5. The van der Waals surface area contributed by atoms with E-state index < -0.39 is 0 Å². The topological polar surface area (TPSA) is 77.7 Å². The van der Waals surface area contributed by atoms with Crippen molar-refractivity contribution in [3.63, 3.8) is 0 Å². The molecule has 0 aliphatic rings.